The Morgan fingerprint density at radius 2 is 1.73 bits per heavy atom. The van der Waals surface area contributed by atoms with Crippen molar-refractivity contribution < 1.29 is 13.6 Å². The molecule has 2 atom stereocenters. The maximum atomic E-state index is 14.0. The Labute approximate surface area is 198 Å². The van der Waals surface area contributed by atoms with Gasteiger partial charge in [-0.1, -0.05) is 60.1 Å². The summed E-state index contributed by atoms with van der Waals surface area (Å²) in [5.74, 6) is -0.873. The van der Waals surface area contributed by atoms with Crippen molar-refractivity contribution in [3.8, 4) is 0 Å². The lowest BCUT2D eigenvalue weighted by Crippen LogP contribution is -2.45. The van der Waals surface area contributed by atoms with Gasteiger partial charge in [0.25, 0.3) is 0 Å². The number of carbonyl (C=O) groups excluding carboxylic acids is 1. The van der Waals surface area contributed by atoms with Gasteiger partial charge in [0.2, 0.25) is 5.91 Å². The molecule has 1 saturated heterocycles. The second-order valence-electron chi connectivity index (χ2n) is 8.73. The van der Waals surface area contributed by atoms with E-state index >= 15 is 0 Å². The van der Waals surface area contributed by atoms with Crippen LogP contribution in [0, 0.1) is 24.5 Å². The number of amides is 1. The van der Waals surface area contributed by atoms with Gasteiger partial charge in [-0.25, -0.2) is 8.78 Å². The molecule has 0 saturated carbocycles. The standard InChI is InChI=1S/C27H27ClF2N2O/c1-18-12-19(10-11-25(18)29)22-13-23(27(33)31-14-20-6-3-5-9-26(20)30)17-32(16-22)15-21-7-2-4-8-24(21)28/h2-12,22-23H,13-17H2,1H3,(H,31,33). The number of piperidine rings is 1. The summed E-state index contributed by atoms with van der Waals surface area (Å²) in [5, 5.41) is 3.60. The van der Waals surface area contributed by atoms with Crippen molar-refractivity contribution in [3.05, 3.63) is 106 Å². The number of hydrogen-bond acceptors (Lipinski definition) is 2. The van der Waals surface area contributed by atoms with Crippen LogP contribution in [0.3, 0.4) is 0 Å². The first-order chi connectivity index (χ1) is 15.9. The topological polar surface area (TPSA) is 32.3 Å². The number of hydrogen-bond donors (Lipinski definition) is 1. The summed E-state index contributed by atoms with van der Waals surface area (Å²) >= 11 is 6.38. The van der Waals surface area contributed by atoms with Crippen LogP contribution in [0.25, 0.3) is 0 Å². The average Bonchev–Trinajstić information content (AvgIpc) is 2.81. The molecular formula is C27H27ClF2N2O. The molecule has 1 fully saturated rings. The monoisotopic (exact) mass is 468 g/mol. The number of halogens is 3. The summed E-state index contributed by atoms with van der Waals surface area (Å²) in [5.41, 5.74) is 3.07. The van der Waals surface area contributed by atoms with Crippen LogP contribution in [0.4, 0.5) is 8.78 Å². The molecule has 3 aromatic carbocycles. The third-order valence-electron chi connectivity index (χ3n) is 6.31. The van der Waals surface area contributed by atoms with Crippen LogP contribution in [0.5, 0.6) is 0 Å². The molecule has 1 N–H and O–H groups in total. The predicted octanol–water partition coefficient (Wildman–Crippen LogP) is 5.85. The Kier molecular flexibility index (Phi) is 7.41. The van der Waals surface area contributed by atoms with E-state index in [0.29, 0.717) is 35.7 Å². The molecule has 1 aliphatic heterocycles. The summed E-state index contributed by atoms with van der Waals surface area (Å²) in [6.45, 7) is 3.83. The van der Waals surface area contributed by atoms with E-state index in [0.717, 1.165) is 17.7 Å². The van der Waals surface area contributed by atoms with Crippen LogP contribution >= 0.6 is 11.6 Å². The van der Waals surface area contributed by atoms with Crippen LogP contribution < -0.4 is 5.32 Å². The van der Waals surface area contributed by atoms with Gasteiger partial charge in [0.05, 0.1) is 5.92 Å². The van der Waals surface area contributed by atoms with Crippen molar-refractivity contribution in [1.82, 2.24) is 10.2 Å². The molecule has 172 valence electrons. The lowest BCUT2D eigenvalue weighted by atomic mass is 9.83. The van der Waals surface area contributed by atoms with Crippen molar-refractivity contribution in [1.29, 1.82) is 0 Å². The van der Waals surface area contributed by atoms with Gasteiger partial charge in [0, 0.05) is 36.8 Å². The molecular weight excluding hydrogens is 442 g/mol. The van der Waals surface area contributed by atoms with Crippen molar-refractivity contribution >= 4 is 17.5 Å². The molecule has 3 nitrogen and oxygen atoms in total. The van der Waals surface area contributed by atoms with Crippen LogP contribution in [0.1, 0.15) is 34.6 Å². The Morgan fingerprint density at radius 1 is 1.00 bits per heavy atom. The first-order valence-electron chi connectivity index (χ1n) is 11.1. The molecule has 2 unspecified atom stereocenters. The SMILES string of the molecule is Cc1cc(C2CC(C(=O)NCc3ccccc3F)CN(Cc3ccccc3Cl)C2)ccc1F. The molecule has 0 aliphatic carbocycles. The zero-order valence-corrected chi connectivity index (χ0v) is 19.3. The molecule has 1 amide bonds. The zero-order valence-electron chi connectivity index (χ0n) is 18.5. The van der Waals surface area contributed by atoms with E-state index < -0.39 is 0 Å². The summed E-state index contributed by atoms with van der Waals surface area (Å²) < 4.78 is 27.8. The van der Waals surface area contributed by atoms with Crippen molar-refractivity contribution in [3.63, 3.8) is 0 Å². The molecule has 1 aliphatic rings. The number of aryl methyl sites for hydroxylation is 1. The lowest BCUT2D eigenvalue weighted by Gasteiger charge is -2.37. The van der Waals surface area contributed by atoms with Crippen LogP contribution in [0.2, 0.25) is 5.02 Å². The molecule has 0 spiro atoms. The second-order valence-corrected chi connectivity index (χ2v) is 9.14. The fourth-order valence-electron chi connectivity index (χ4n) is 4.51. The maximum absolute atomic E-state index is 14.0. The number of likely N-dealkylation sites (tertiary alicyclic amines) is 1. The van der Waals surface area contributed by atoms with Crippen molar-refractivity contribution in [2.75, 3.05) is 13.1 Å². The van der Waals surface area contributed by atoms with E-state index in [1.165, 1.54) is 12.1 Å². The second kappa shape index (κ2) is 10.4. The average molecular weight is 469 g/mol. The van der Waals surface area contributed by atoms with E-state index in [-0.39, 0.29) is 35.9 Å². The smallest absolute Gasteiger partial charge is 0.224 e. The minimum Gasteiger partial charge on any atom is -0.352 e. The fourth-order valence-corrected chi connectivity index (χ4v) is 4.70. The molecule has 0 radical (unpaired) electrons. The highest BCUT2D eigenvalue weighted by atomic mass is 35.5. The first-order valence-corrected chi connectivity index (χ1v) is 11.5. The highest BCUT2D eigenvalue weighted by Crippen LogP contribution is 2.33. The summed E-state index contributed by atoms with van der Waals surface area (Å²) in [6.07, 6.45) is 0.646. The molecule has 4 rings (SSSR count). The predicted molar refractivity (Wildman–Crippen MR) is 127 cm³/mol. The molecule has 6 heteroatoms. The third kappa shape index (κ3) is 5.79. The Balaban J connectivity index is 1.53. The molecule has 3 aromatic rings. The molecule has 1 heterocycles. The summed E-state index contributed by atoms with van der Waals surface area (Å²) in [4.78, 5) is 15.3. The van der Waals surface area contributed by atoms with Gasteiger partial charge in [-0.3, -0.25) is 9.69 Å². The summed E-state index contributed by atoms with van der Waals surface area (Å²) in [6, 6.07) is 19.3. The molecule has 0 bridgehead atoms. The minimum absolute atomic E-state index is 0.0738. The molecule has 0 aromatic heterocycles. The van der Waals surface area contributed by atoms with Gasteiger partial charge in [-0.05, 0) is 54.2 Å². The Hall–Kier alpha value is -2.76. The van der Waals surface area contributed by atoms with Gasteiger partial charge in [-0.2, -0.15) is 0 Å². The van der Waals surface area contributed by atoms with E-state index in [9.17, 15) is 13.6 Å². The normalized spacial score (nSPS) is 18.8. The fraction of sp³-hybridized carbons (Fsp3) is 0.296. The lowest BCUT2D eigenvalue weighted by molar-refractivity contribution is -0.127. The third-order valence-corrected chi connectivity index (χ3v) is 6.68. The number of carbonyl (C=O) groups is 1. The highest BCUT2D eigenvalue weighted by molar-refractivity contribution is 6.31. The van der Waals surface area contributed by atoms with Gasteiger partial charge in [0.1, 0.15) is 11.6 Å². The van der Waals surface area contributed by atoms with E-state index in [4.69, 9.17) is 11.6 Å². The van der Waals surface area contributed by atoms with E-state index in [2.05, 4.69) is 10.2 Å². The zero-order chi connectivity index (χ0) is 23.4. The van der Waals surface area contributed by atoms with E-state index in [1.54, 1.807) is 31.2 Å². The minimum atomic E-state index is -0.332. The Morgan fingerprint density at radius 3 is 2.45 bits per heavy atom. The molecule has 33 heavy (non-hydrogen) atoms. The van der Waals surface area contributed by atoms with Gasteiger partial charge in [0.15, 0.2) is 0 Å². The maximum Gasteiger partial charge on any atom is 0.224 e. The van der Waals surface area contributed by atoms with Crippen LogP contribution in [-0.4, -0.2) is 23.9 Å². The van der Waals surface area contributed by atoms with Crippen molar-refractivity contribution in [2.45, 2.75) is 32.4 Å². The quantitative estimate of drug-likeness (QED) is 0.492. The number of benzene rings is 3. The van der Waals surface area contributed by atoms with Crippen LogP contribution in [-0.2, 0) is 17.9 Å². The van der Waals surface area contributed by atoms with Gasteiger partial charge >= 0.3 is 0 Å². The summed E-state index contributed by atoms with van der Waals surface area (Å²) in [7, 11) is 0. The van der Waals surface area contributed by atoms with Crippen molar-refractivity contribution in [2.24, 2.45) is 5.92 Å². The van der Waals surface area contributed by atoms with Crippen LogP contribution in [0.15, 0.2) is 66.7 Å². The van der Waals surface area contributed by atoms with Gasteiger partial charge in [-0.15, -0.1) is 0 Å². The number of nitrogens with one attached hydrogen (secondary N) is 1. The van der Waals surface area contributed by atoms with E-state index in [1.807, 2.05) is 30.3 Å². The number of rotatable bonds is 6. The first kappa shape index (κ1) is 23.4. The number of nitrogens with zero attached hydrogens (tertiary/aromatic N) is 1. The highest BCUT2D eigenvalue weighted by Gasteiger charge is 2.32. The Bertz CT molecular complexity index is 1140. The largest absolute Gasteiger partial charge is 0.352 e. The van der Waals surface area contributed by atoms with Gasteiger partial charge < -0.3 is 5.32 Å².